The van der Waals surface area contributed by atoms with Gasteiger partial charge < -0.3 is 16.8 Å². The molecule has 0 fully saturated rings. The van der Waals surface area contributed by atoms with Crippen LogP contribution < -0.4 is 16.8 Å². The van der Waals surface area contributed by atoms with Crippen molar-refractivity contribution in [2.24, 2.45) is 0 Å². The van der Waals surface area contributed by atoms with Crippen LogP contribution >= 0.6 is 11.6 Å². The standard InChI is InChI=1S/C19H14ClF2N9/c1-8(26-17-11(6-23)16(24)28-19(25)29-17)12-7-31-18(13(22)15(20)30-31)27-14(12)9-3-2-4-10(21)5-9/h2-5,7-8H,1H3,(H5,24,25,26,28,29)/t8-/m0/s1. The molecular weight excluding hydrogens is 428 g/mol. The molecule has 1 aromatic carbocycles. The number of anilines is 3. The van der Waals surface area contributed by atoms with E-state index in [9.17, 15) is 14.0 Å². The average molecular weight is 442 g/mol. The van der Waals surface area contributed by atoms with Gasteiger partial charge in [-0.3, -0.25) is 0 Å². The zero-order chi connectivity index (χ0) is 22.3. The van der Waals surface area contributed by atoms with Gasteiger partial charge >= 0.3 is 0 Å². The minimum atomic E-state index is -0.797. The van der Waals surface area contributed by atoms with Crippen molar-refractivity contribution >= 4 is 34.8 Å². The van der Waals surface area contributed by atoms with E-state index in [2.05, 4.69) is 25.4 Å². The van der Waals surface area contributed by atoms with Gasteiger partial charge in [0.05, 0.1) is 11.7 Å². The van der Waals surface area contributed by atoms with Crippen LogP contribution in [0.15, 0.2) is 30.5 Å². The van der Waals surface area contributed by atoms with E-state index in [1.54, 1.807) is 13.0 Å². The maximum absolute atomic E-state index is 14.4. The molecule has 0 saturated heterocycles. The largest absolute Gasteiger partial charge is 0.382 e. The van der Waals surface area contributed by atoms with Gasteiger partial charge in [-0.05, 0) is 19.1 Å². The number of hydrogen-bond donors (Lipinski definition) is 3. The predicted octanol–water partition coefficient (Wildman–Crippen LogP) is 3.33. The fourth-order valence-electron chi connectivity index (χ4n) is 3.11. The molecule has 12 heteroatoms. The third-order valence-corrected chi connectivity index (χ3v) is 4.77. The Morgan fingerprint density at radius 3 is 2.71 bits per heavy atom. The summed E-state index contributed by atoms with van der Waals surface area (Å²) in [6.45, 7) is 1.74. The molecule has 0 saturated carbocycles. The van der Waals surface area contributed by atoms with Crippen LogP contribution in [-0.4, -0.2) is 24.6 Å². The molecule has 0 amide bonds. The number of nitrogen functional groups attached to an aromatic ring is 2. The van der Waals surface area contributed by atoms with Gasteiger partial charge in [0.1, 0.15) is 23.3 Å². The van der Waals surface area contributed by atoms with E-state index in [-0.39, 0.29) is 39.6 Å². The molecule has 5 N–H and O–H groups in total. The maximum atomic E-state index is 14.4. The Bertz CT molecular complexity index is 1360. The molecule has 0 aliphatic heterocycles. The van der Waals surface area contributed by atoms with Crippen LogP contribution in [0.5, 0.6) is 0 Å². The van der Waals surface area contributed by atoms with Crippen molar-refractivity contribution in [3.63, 3.8) is 0 Å². The summed E-state index contributed by atoms with van der Waals surface area (Å²) >= 11 is 5.81. The number of rotatable bonds is 4. The van der Waals surface area contributed by atoms with Crippen molar-refractivity contribution < 1.29 is 8.78 Å². The molecule has 1 atom stereocenters. The quantitative estimate of drug-likeness (QED) is 0.437. The molecule has 0 aliphatic rings. The highest BCUT2D eigenvalue weighted by molar-refractivity contribution is 6.29. The summed E-state index contributed by atoms with van der Waals surface area (Å²) in [5.74, 6) is -1.37. The molecule has 3 aromatic heterocycles. The van der Waals surface area contributed by atoms with Crippen LogP contribution in [-0.2, 0) is 0 Å². The molecule has 31 heavy (non-hydrogen) atoms. The summed E-state index contributed by atoms with van der Waals surface area (Å²) in [5, 5.41) is 16.0. The summed E-state index contributed by atoms with van der Waals surface area (Å²) in [5.41, 5.74) is 12.5. The molecule has 0 unspecified atom stereocenters. The number of nitriles is 1. The summed E-state index contributed by atoms with van der Waals surface area (Å²) in [6, 6.07) is 7.06. The number of hydrogen-bond acceptors (Lipinski definition) is 8. The zero-order valence-corrected chi connectivity index (χ0v) is 16.7. The van der Waals surface area contributed by atoms with Crippen molar-refractivity contribution in [2.75, 3.05) is 16.8 Å². The Labute approximate surface area is 179 Å². The number of nitrogens with one attached hydrogen (secondary N) is 1. The lowest BCUT2D eigenvalue weighted by Crippen LogP contribution is -2.15. The van der Waals surface area contributed by atoms with Crippen LogP contribution in [0.25, 0.3) is 16.9 Å². The summed E-state index contributed by atoms with van der Waals surface area (Å²) in [4.78, 5) is 12.1. The fraction of sp³-hybridized carbons (Fsp3) is 0.105. The van der Waals surface area contributed by atoms with Gasteiger partial charge in [0.2, 0.25) is 11.8 Å². The van der Waals surface area contributed by atoms with Gasteiger partial charge in [-0.1, -0.05) is 23.7 Å². The molecule has 3 heterocycles. The third-order valence-electron chi connectivity index (χ3n) is 4.53. The molecule has 0 spiro atoms. The summed E-state index contributed by atoms with van der Waals surface area (Å²) < 4.78 is 29.4. The summed E-state index contributed by atoms with van der Waals surface area (Å²) in [6.07, 6.45) is 1.51. The highest BCUT2D eigenvalue weighted by Gasteiger charge is 2.22. The number of nitrogens with zero attached hydrogens (tertiary/aromatic N) is 6. The monoisotopic (exact) mass is 441 g/mol. The van der Waals surface area contributed by atoms with E-state index in [0.29, 0.717) is 11.1 Å². The van der Waals surface area contributed by atoms with Crippen LogP contribution in [0.1, 0.15) is 24.1 Å². The second kappa shape index (κ2) is 7.66. The van der Waals surface area contributed by atoms with Crippen LogP contribution in [0.2, 0.25) is 5.15 Å². The highest BCUT2D eigenvalue weighted by Crippen LogP contribution is 2.32. The van der Waals surface area contributed by atoms with E-state index in [1.807, 2.05) is 6.07 Å². The van der Waals surface area contributed by atoms with Crippen molar-refractivity contribution in [3.8, 4) is 17.3 Å². The van der Waals surface area contributed by atoms with Gasteiger partial charge in [0, 0.05) is 17.3 Å². The lowest BCUT2D eigenvalue weighted by molar-refractivity contribution is 0.628. The summed E-state index contributed by atoms with van der Waals surface area (Å²) in [7, 11) is 0. The predicted molar refractivity (Wildman–Crippen MR) is 111 cm³/mol. The molecule has 0 radical (unpaired) electrons. The number of halogens is 3. The SMILES string of the molecule is C[C@H](Nc1nc(N)nc(N)c1C#N)c1cn2nc(Cl)c(F)c2nc1-c1cccc(F)c1. The Hall–Kier alpha value is -4.04. The topological polar surface area (TPSA) is 144 Å². The van der Waals surface area contributed by atoms with E-state index in [4.69, 9.17) is 23.1 Å². The van der Waals surface area contributed by atoms with Crippen LogP contribution in [0.4, 0.5) is 26.4 Å². The molecular formula is C19H14ClF2N9. The molecule has 4 aromatic rings. The first-order valence-electron chi connectivity index (χ1n) is 8.88. The zero-order valence-electron chi connectivity index (χ0n) is 15.9. The van der Waals surface area contributed by atoms with E-state index >= 15 is 0 Å². The Morgan fingerprint density at radius 1 is 1.23 bits per heavy atom. The number of benzene rings is 1. The van der Waals surface area contributed by atoms with Gasteiger partial charge in [-0.2, -0.15) is 24.7 Å². The molecule has 0 aliphatic carbocycles. The van der Waals surface area contributed by atoms with Crippen LogP contribution in [0.3, 0.4) is 0 Å². The Morgan fingerprint density at radius 2 is 2.00 bits per heavy atom. The minimum Gasteiger partial charge on any atom is -0.382 e. The minimum absolute atomic E-state index is 0.00979. The van der Waals surface area contributed by atoms with Gasteiger partial charge in [0.25, 0.3) is 0 Å². The lowest BCUT2D eigenvalue weighted by Gasteiger charge is -2.19. The fourth-order valence-corrected chi connectivity index (χ4v) is 3.28. The molecule has 156 valence electrons. The van der Waals surface area contributed by atoms with Crippen molar-refractivity contribution in [1.29, 1.82) is 5.26 Å². The first kappa shape index (κ1) is 20.2. The van der Waals surface area contributed by atoms with Crippen molar-refractivity contribution in [3.05, 3.63) is 58.4 Å². The maximum Gasteiger partial charge on any atom is 0.224 e. The highest BCUT2D eigenvalue weighted by atomic mass is 35.5. The van der Waals surface area contributed by atoms with Crippen molar-refractivity contribution in [2.45, 2.75) is 13.0 Å². The van der Waals surface area contributed by atoms with Crippen molar-refractivity contribution in [1.82, 2.24) is 24.6 Å². The second-order valence-corrected chi connectivity index (χ2v) is 6.95. The third kappa shape index (κ3) is 3.64. The van der Waals surface area contributed by atoms with E-state index in [0.717, 1.165) is 0 Å². The smallest absolute Gasteiger partial charge is 0.224 e. The van der Waals surface area contributed by atoms with E-state index in [1.165, 1.54) is 28.9 Å². The second-order valence-electron chi connectivity index (χ2n) is 6.60. The van der Waals surface area contributed by atoms with Gasteiger partial charge in [-0.25, -0.2) is 13.9 Å². The lowest BCUT2D eigenvalue weighted by atomic mass is 10.0. The van der Waals surface area contributed by atoms with Gasteiger partial charge in [-0.15, -0.1) is 0 Å². The number of aromatic nitrogens is 5. The Kier molecular flexibility index (Phi) is 5.00. The van der Waals surface area contributed by atoms with Crippen LogP contribution in [0, 0.1) is 23.0 Å². The van der Waals surface area contributed by atoms with Gasteiger partial charge in [0.15, 0.2) is 16.6 Å². The first-order chi connectivity index (χ1) is 14.8. The molecule has 9 nitrogen and oxygen atoms in total. The Balaban J connectivity index is 1.88. The van der Waals surface area contributed by atoms with E-state index < -0.39 is 17.7 Å². The molecule has 0 bridgehead atoms. The number of fused-ring (bicyclic) bond motifs is 1. The molecule has 4 rings (SSSR count). The first-order valence-corrected chi connectivity index (χ1v) is 9.26. The number of nitrogens with two attached hydrogens (primary N) is 2. The average Bonchev–Trinajstić information content (AvgIpc) is 3.00. The normalized spacial score (nSPS) is 12.0.